The van der Waals surface area contributed by atoms with Crippen LogP contribution >= 0.6 is 0 Å². The number of amides is 1. The molecule has 1 fully saturated rings. The highest BCUT2D eigenvalue weighted by molar-refractivity contribution is 5.94. The van der Waals surface area contributed by atoms with Crippen molar-refractivity contribution < 1.29 is 14.5 Å². The number of ketones is 1. The fraction of sp³-hybridized carbons (Fsp3) is 0.579. The molecule has 1 heterocycles. The second-order valence-electron chi connectivity index (χ2n) is 6.77. The summed E-state index contributed by atoms with van der Waals surface area (Å²) in [5.41, 5.74) is 1.90. The number of nitrogens with one attached hydrogen (secondary N) is 2. The Kier molecular flexibility index (Phi) is 6.79. The lowest BCUT2D eigenvalue weighted by molar-refractivity contribution is -0.892. The van der Waals surface area contributed by atoms with E-state index in [1.165, 1.54) is 4.90 Å². The van der Waals surface area contributed by atoms with Gasteiger partial charge < -0.3 is 15.1 Å². The Labute approximate surface area is 145 Å². The zero-order valence-electron chi connectivity index (χ0n) is 15.1. The normalized spacial score (nSPS) is 16.7. The van der Waals surface area contributed by atoms with Crippen molar-refractivity contribution in [1.82, 2.24) is 5.32 Å². The van der Waals surface area contributed by atoms with Crippen LogP contribution in [0, 0.1) is 0 Å². The first-order chi connectivity index (χ1) is 11.5. The van der Waals surface area contributed by atoms with E-state index in [2.05, 4.69) is 24.1 Å². The minimum absolute atomic E-state index is 0.0964. The first-order valence-corrected chi connectivity index (χ1v) is 8.98. The molecule has 0 unspecified atom stereocenters. The maximum atomic E-state index is 12.1. The molecule has 1 aliphatic rings. The van der Waals surface area contributed by atoms with Crippen LogP contribution in [0.2, 0.25) is 0 Å². The Morgan fingerprint density at radius 2 is 1.83 bits per heavy atom. The Morgan fingerprint density at radius 3 is 2.38 bits per heavy atom. The second kappa shape index (κ2) is 8.83. The van der Waals surface area contributed by atoms with Crippen molar-refractivity contribution in [2.24, 2.45) is 0 Å². The average Bonchev–Trinajstić information content (AvgIpc) is 2.55. The Balaban J connectivity index is 1.78. The molecule has 0 radical (unpaired) electrons. The molecule has 5 nitrogen and oxygen atoms in total. The molecule has 1 aliphatic heterocycles. The summed E-state index contributed by atoms with van der Waals surface area (Å²) < 4.78 is 0. The fourth-order valence-electron chi connectivity index (χ4n) is 3.22. The van der Waals surface area contributed by atoms with Gasteiger partial charge in [-0.2, -0.15) is 0 Å². The van der Waals surface area contributed by atoms with Crippen LogP contribution in [0.3, 0.4) is 0 Å². The van der Waals surface area contributed by atoms with Crippen LogP contribution in [0.5, 0.6) is 0 Å². The molecule has 2 N–H and O–H groups in total. The summed E-state index contributed by atoms with van der Waals surface area (Å²) in [6, 6.07) is 8.07. The van der Waals surface area contributed by atoms with Crippen LogP contribution in [-0.2, 0) is 4.79 Å². The predicted molar refractivity (Wildman–Crippen MR) is 96.7 cm³/mol. The van der Waals surface area contributed by atoms with Gasteiger partial charge in [0.15, 0.2) is 12.3 Å². The van der Waals surface area contributed by atoms with E-state index < -0.39 is 0 Å². The first kappa shape index (κ1) is 18.5. The zero-order chi connectivity index (χ0) is 17.5. The van der Waals surface area contributed by atoms with E-state index in [1.807, 2.05) is 24.3 Å². The van der Waals surface area contributed by atoms with E-state index in [9.17, 15) is 9.59 Å². The van der Waals surface area contributed by atoms with Crippen molar-refractivity contribution in [1.29, 1.82) is 0 Å². The maximum Gasteiger partial charge on any atom is 0.275 e. The van der Waals surface area contributed by atoms with Gasteiger partial charge in [-0.25, -0.2) is 0 Å². The number of carbonyl (C=O) groups is 2. The van der Waals surface area contributed by atoms with Gasteiger partial charge in [0.1, 0.15) is 0 Å². The van der Waals surface area contributed by atoms with Gasteiger partial charge in [0, 0.05) is 17.3 Å². The van der Waals surface area contributed by atoms with Gasteiger partial charge in [0.2, 0.25) is 0 Å². The number of piperazine rings is 1. The Bertz CT molecular complexity index is 548. The third kappa shape index (κ3) is 5.34. The van der Waals surface area contributed by atoms with Crippen LogP contribution in [0.4, 0.5) is 5.69 Å². The number of hydrogen-bond acceptors (Lipinski definition) is 3. The summed E-state index contributed by atoms with van der Waals surface area (Å²) in [5.74, 6) is 0.254. The summed E-state index contributed by atoms with van der Waals surface area (Å²) >= 11 is 0. The number of rotatable bonds is 7. The van der Waals surface area contributed by atoms with Crippen molar-refractivity contribution >= 4 is 17.4 Å². The highest BCUT2D eigenvalue weighted by Crippen LogP contribution is 2.15. The molecule has 1 atom stereocenters. The molecule has 0 saturated carbocycles. The average molecular weight is 332 g/mol. The Morgan fingerprint density at radius 1 is 1.21 bits per heavy atom. The molecule has 0 aliphatic carbocycles. The number of quaternary nitrogens is 1. The zero-order valence-corrected chi connectivity index (χ0v) is 15.1. The van der Waals surface area contributed by atoms with Crippen molar-refractivity contribution in [2.75, 3.05) is 37.6 Å². The lowest BCUT2D eigenvalue weighted by Crippen LogP contribution is -3.16. The monoisotopic (exact) mass is 332 g/mol. The van der Waals surface area contributed by atoms with E-state index in [-0.39, 0.29) is 17.7 Å². The molecule has 2 rings (SSSR count). The SMILES string of the molecule is CCC[C@H](C)NC(=O)C[NH+]1CCN(c2ccc(C(C)=O)cc2)CC1. The minimum Gasteiger partial charge on any atom is -0.360 e. The van der Waals surface area contributed by atoms with E-state index in [0.717, 1.165) is 50.3 Å². The molecule has 5 heteroatoms. The van der Waals surface area contributed by atoms with Crippen LogP contribution in [0.25, 0.3) is 0 Å². The van der Waals surface area contributed by atoms with Crippen LogP contribution < -0.4 is 15.1 Å². The van der Waals surface area contributed by atoms with E-state index in [4.69, 9.17) is 0 Å². The molecule has 0 spiro atoms. The molecule has 24 heavy (non-hydrogen) atoms. The highest BCUT2D eigenvalue weighted by atomic mass is 16.2. The van der Waals surface area contributed by atoms with Gasteiger partial charge in [-0.15, -0.1) is 0 Å². The van der Waals surface area contributed by atoms with Crippen LogP contribution in [-0.4, -0.2) is 50.5 Å². The molecule has 0 bridgehead atoms. The number of nitrogens with zero attached hydrogens (tertiary/aromatic N) is 1. The smallest absolute Gasteiger partial charge is 0.275 e. The minimum atomic E-state index is 0.0964. The van der Waals surface area contributed by atoms with Crippen LogP contribution in [0.1, 0.15) is 44.0 Å². The van der Waals surface area contributed by atoms with Crippen molar-refractivity contribution in [3.63, 3.8) is 0 Å². The van der Waals surface area contributed by atoms with Crippen molar-refractivity contribution in [3.8, 4) is 0 Å². The van der Waals surface area contributed by atoms with Gasteiger partial charge in [-0.1, -0.05) is 13.3 Å². The summed E-state index contributed by atoms with van der Waals surface area (Å²) in [4.78, 5) is 27.1. The van der Waals surface area contributed by atoms with Gasteiger partial charge >= 0.3 is 0 Å². The molecule has 1 aromatic carbocycles. The molecular formula is C19H30N3O2+. The van der Waals surface area contributed by atoms with Crippen molar-refractivity contribution in [3.05, 3.63) is 29.8 Å². The van der Waals surface area contributed by atoms with Gasteiger partial charge in [0.05, 0.1) is 26.2 Å². The molecule has 1 amide bonds. The van der Waals surface area contributed by atoms with E-state index in [0.29, 0.717) is 6.54 Å². The summed E-state index contributed by atoms with van der Waals surface area (Å²) in [5, 5.41) is 3.08. The standard InChI is InChI=1S/C19H29N3O2/c1-4-5-15(2)20-19(24)14-21-10-12-22(13-11-21)18-8-6-17(7-9-18)16(3)23/h6-9,15H,4-5,10-14H2,1-3H3,(H,20,24)/p+1/t15-/m0/s1. The molecule has 1 aromatic rings. The lowest BCUT2D eigenvalue weighted by Gasteiger charge is -2.33. The number of hydrogen-bond donors (Lipinski definition) is 2. The summed E-state index contributed by atoms with van der Waals surface area (Å²) in [7, 11) is 0. The molecule has 132 valence electrons. The number of benzene rings is 1. The number of Topliss-reactive ketones (excluding diaryl/α,β-unsaturated/α-hetero) is 1. The van der Waals surface area contributed by atoms with E-state index >= 15 is 0 Å². The Hall–Kier alpha value is -1.88. The largest absolute Gasteiger partial charge is 0.360 e. The van der Waals surface area contributed by atoms with E-state index in [1.54, 1.807) is 6.92 Å². The third-order valence-electron chi connectivity index (χ3n) is 4.65. The molecule has 1 saturated heterocycles. The lowest BCUT2D eigenvalue weighted by atomic mass is 10.1. The predicted octanol–water partition coefficient (Wildman–Crippen LogP) is 0.899. The summed E-state index contributed by atoms with van der Waals surface area (Å²) in [6.45, 7) is 10.2. The van der Waals surface area contributed by atoms with Gasteiger partial charge in [-0.05, 0) is 44.5 Å². The second-order valence-corrected chi connectivity index (χ2v) is 6.77. The van der Waals surface area contributed by atoms with Gasteiger partial charge in [-0.3, -0.25) is 9.59 Å². The quantitative estimate of drug-likeness (QED) is 0.730. The first-order valence-electron chi connectivity index (χ1n) is 8.98. The van der Waals surface area contributed by atoms with Crippen molar-refractivity contribution in [2.45, 2.75) is 39.7 Å². The molecular weight excluding hydrogens is 302 g/mol. The van der Waals surface area contributed by atoms with Gasteiger partial charge in [0.25, 0.3) is 5.91 Å². The highest BCUT2D eigenvalue weighted by Gasteiger charge is 2.22. The van der Waals surface area contributed by atoms with Crippen LogP contribution in [0.15, 0.2) is 24.3 Å². The maximum absolute atomic E-state index is 12.1. The number of anilines is 1. The third-order valence-corrected chi connectivity index (χ3v) is 4.65. The molecule has 0 aromatic heterocycles. The summed E-state index contributed by atoms with van der Waals surface area (Å²) in [6.07, 6.45) is 2.13. The fourth-order valence-corrected chi connectivity index (χ4v) is 3.22. The topological polar surface area (TPSA) is 53.9 Å². The number of carbonyl (C=O) groups excluding carboxylic acids is 2.